The van der Waals surface area contributed by atoms with Crippen LogP contribution in [0.5, 0.6) is 0 Å². The Bertz CT molecular complexity index is 474. The first-order valence-corrected chi connectivity index (χ1v) is 5.22. The SMILES string of the molecule is O=c1[nH]nc(Cc2ccc(Cl)cc2)s1. The maximum atomic E-state index is 10.8. The molecule has 0 saturated carbocycles. The normalized spacial score (nSPS) is 10.4. The molecule has 0 radical (unpaired) electrons. The Hall–Kier alpha value is -1.13. The molecule has 3 nitrogen and oxygen atoms in total. The molecule has 1 aromatic heterocycles. The zero-order valence-electron chi connectivity index (χ0n) is 7.16. The van der Waals surface area contributed by atoms with Gasteiger partial charge in [-0.25, -0.2) is 5.10 Å². The van der Waals surface area contributed by atoms with E-state index in [4.69, 9.17) is 11.6 Å². The summed E-state index contributed by atoms with van der Waals surface area (Å²) in [6, 6.07) is 7.50. The van der Waals surface area contributed by atoms with Gasteiger partial charge in [0.1, 0.15) is 5.01 Å². The summed E-state index contributed by atoms with van der Waals surface area (Å²) in [5.41, 5.74) is 1.09. The summed E-state index contributed by atoms with van der Waals surface area (Å²) in [6.45, 7) is 0. The molecule has 0 spiro atoms. The van der Waals surface area contributed by atoms with Crippen molar-refractivity contribution < 1.29 is 0 Å². The summed E-state index contributed by atoms with van der Waals surface area (Å²) in [6.07, 6.45) is 0.667. The van der Waals surface area contributed by atoms with Gasteiger partial charge in [0.05, 0.1) is 0 Å². The van der Waals surface area contributed by atoms with Gasteiger partial charge in [-0.2, -0.15) is 5.10 Å². The lowest BCUT2D eigenvalue weighted by Gasteiger charge is -1.96. The van der Waals surface area contributed by atoms with Gasteiger partial charge in [0.2, 0.25) is 0 Å². The number of nitrogens with zero attached hydrogens (tertiary/aromatic N) is 1. The molecular formula is C9H7ClN2OS. The summed E-state index contributed by atoms with van der Waals surface area (Å²) in [4.78, 5) is 10.7. The second-order valence-corrected chi connectivity index (χ2v) is 4.29. The van der Waals surface area contributed by atoms with Crippen LogP contribution in [0.1, 0.15) is 10.6 Å². The highest BCUT2D eigenvalue weighted by atomic mass is 35.5. The van der Waals surface area contributed by atoms with Crippen LogP contribution in [-0.2, 0) is 6.42 Å². The highest BCUT2D eigenvalue weighted by molar-refractivity contribution is 7.08. The molecule has 0 unspecified atom stereocenters. The molecule has 0 aliphatic carbocycles. The molecule has 2 rings (SSSR count). The van der Waals surface area contributed by atoms with Gasteiger partial charge in [-0.15, -0.1) is 0 Å². The smallest absolute Gasteiger partial charge is 0.255 e. The number of hydrogen-bond acceptors (Lipinski definition) is 3. The fraction of sp³-hybridized carbons (Fsp3) is 0.111. The molecule has 5 heteroatoms. The van der Waals surface area contributed by atoms with Gasteiger partial charge in [0.25, 0.3) is 0 Å². The third kappa shape index (κ3) is 2.21. The molecule has 1 N–H and O–H groups in total. The zero-order valence-corrected chi connectivity index (χ0v) is 8.73. The van der Waals surface area contributed by atoms with Gasteiger partial charge >= 0.3 is 4.87 Å². The van der Waals surface area contributed by atoms with Crippen molar-refractivity contribution in [2.24, 2.45) is 0 Å². The topological polar surface area (TPSA) is 45.8 Å². The number of rotatable bonds is 2. The summed E-state index contributed by atoms with van der Waals surface area (Å²) >= 11 is 6.88. The van der Waals surface area contributed by atoms with Gasteiger partial charge in [-0.1, -0.05) is 35.1 Å². The fourth-order valence-corrected chi connectivity index (χ4v) is 1.87. The van der Waals surface area contributed by atoms with E-state index in [1.54, 1.807) is 0 Å². The van der Waals surface area contributed by atoms with E-state index in [9.17, 15) is 4.79 Å². The van der Waals surface area contributed by atoms with Crippen LogP contribution < -0.4 is 4.87 Å². The second-order valence-electron chi connectivity index (χ2n) is 2.81. The second kappa shape index (κ2) is 3.94. The van der Waals surface area contributed by atoms with E-state index in [1.165, 1.54) is 0 Å². The lowest BCUT2D eigenvalue weighted by Crippen LogP contribution is -1.90. The predicted octanol–water partition coefficient (Wildman–Crippen LogP) is 2.08. The molecular weight excluding hydrogens is 220 g/mol. The highest BCUT2D eigenvalue weighted by Crippen LogP contribution is 2.12. The fourth-order valence-electron chi connectivity index (χ4n) is 1.11. The van der Waals surface area contributed by atoms with E-state index in [0.29, 0.717) is 11.4 Å². The summed E-state index contributed by atoms with van der Waals surface area (Å²) in [5, 5.41) is 7.77. The van der Waals surface area contributed by atoms with Crippen molar-refractivity contribution in [3.05, 3.63) is 49.5 Å². The standard InChI is InChI=1S/C9H7ClN2OS/c10-7-3-1-6(2-4-7)5-8-11-12-9(13)14-8/h1-4H,5H2,(H,12,13). The van der Waals surface area contributed by atoms with Crippen LogP contribution in [0, 0.1) is 0 Å². The van der Waals surface area contributed by atoms with Gasteiger partial charge in [0, 0.05) is 11.4 Å². The van der Waals surface area contributed by atoms with Crippen LogP contribution in [0.3, 0.4) is 0 Å². The number of halogens is 1. The molecule has 0 saturated heterocycles. The number of H-pyrrole nitrogens is 1. The Balaban J connectivity index is 2.19. The van der Waals surface area contributed by atoms with Gasteiger partial charge < -0.3 is 0 Å². The van der Waals surface area contributed by atoms with Crippen LogP contribution in [-0.4, -0.2) is 10.2 Å². The average Bonchev–Trinajstić information content (AvgIpc) is 2.56. The molecule has 1 heterocycles. The van der Waals surface area contributed by atoms with Gasteiger partial charge in [-0.05, 0) is 17.7 Å². The van der Waals surface area contributed by atoms with Crippen molar-refractivity contribution in [3.8, 4) is 0 Å². The molecule has 0 amide bonds. The highest BCUT2D eigenvalue weighted by Gasteiger charge is 2.00. The van der Waals surface area contributed by atoms with E-state index in [2.05, 4.69) is 10.2 Å². The Labute approximate surface area is 89.4 Å². The number of benzene rings is 1. The maximum absolute atomic E-state index is 10.8. The third-order valence-electron chi connectivity index (χ3n) is 1.75. The summed E-state index contributed by atoms with van der Waals surface area (Å²) in [5.74, 6) is 0. The van der Waals surface area contributed by atoms with E-state index < -0.39 is 0 Å². The monoisotopic (exact) mass is 226 g/mol. The first kappa shape index (κ1) is 9.43. The first-order valence-electron chi connectivity index (χ1n) is 4.03. The van der Waals surface area contributed by atoms with Crippen molar-refractivity contribution in [1.82, 2.24) is 10.2 Å². The number of aromatic amines is 1. The Morgan fingerprint density at radius 2 is 2.07 bits per heavy atom. The molecule has 0 atom stereocenters. The number of hydrogen-bond donors (Lipinski definition) is 1. The zero-order chi connectivity index (χ0) is 9.97. The molecule has 14 heavy (non-hydrogen) atoms. The van der Waals surface area contributed by atoms with Crippen molar-refractivity contribution >= 4 is 22.9 Å². The minimum Gasteiger partial charge on any atom is -0.255 e. The molecule has 2 aromatic rings. The minimum absolute atomic E-state index is 0.117. The van der Waals surface area contributed by atoms with E-state index >= 15 is 0 Å². The summed E-state index contributed by atoms with van der Waals surface area (Å²) < 4.78 is 0. The molecule has 72 valence electrons. The Morgan fingerprint density at radius 1 is 1.36 bits per heavy atom. The van der Waals surface area contributed by atoms with Crippen molar-refractivity contribution in [1.29, 1.82) is 0 Å². The van der Waals surface area contributed by atoms with Crippen LogP contribution in [0.2, 0.25) is 5.02 Å². The Morgan fingerprint density at radius 3 is 2.64 bits per heavy atom. The third-order valence-corrected chi connectivity index (χ3v) is 2.75. The van der Waals surface area contributed by atoms with Crippen molar-refractivity contribution in [3.63, 3.8) is 0 Å². The van der Waals surface area contributed by atoms with Crippen LogP contribution >= 0.6 is 22.9 Å². The summed E-state index contributed by atoms with van der Waals surface area (Å²) in [7, 11) is 0. The van der Waals surface area contributed by atoms with E-state index in [1.807, 2.05) is 24.3 Å². The van der Waals surface area contributed by atoms with Crippen LogP contribution in [0.15, 0.2) is 29.1 Å². The van der Waals surface area contributed by atoms with E-state index in [-0.39, 0.29) is 4.87 Å². The van der Waals surface area contributed by atoms with Crippen molar-refractivity contribution in [2.75, 3.05) is 0 Å². The van der Waals surface area contributed by atoms with Gasteiger partial charge in [-0.3, -0.25) is 4.79 Å². The van der Waals surface area contributed by atoms with Crippen LogP contribution in [0.25, 0.3) is 0 Å². The van der Waals surface area contributed by atoms with Gasteiger partial charge in [0.15, 0.2) is 0 Å². The maximum Gasteiger partial charge on any atom is 0.322 e. The molecule has 0 aliphatic heterocycles. The van der Waals surface area contributed by atoms with Crippen molar-refractivity contribution in [2.45, 2.75) is 6.42 Å². The first-order chi connectivity index (χ1) is 6.74. The molecule has 0 fully saturated rings. The number of aromatic nitrogens is 2. The Kier molecular flexibility index (Phi) is 2.65. The molecule has 1 aromatic carbocycles. The largest absolute Gasteiger partial charge is 0.322 e. The average molecular weight is 227 g/mol. The molecule has 0 aliphatic rings. The number of nitrogens with one attached hydrogen (secondary N) is 1. The van der Waals surface area contributed by atoms with E-state index in [0.717, 1.165) is 21.9 Å². The quantitative estimate of drug-likeness (QED) is 0.852. The van der Waals surface area contributed by atoms with Crippen LogP contribution in [0.4, 0.5) is 0 Å². The lowest BCUT2D eigenvalue weighted by molar-refractivity contribution is 0.985. The molecule has 0 bridgehead atoms. The lowest BCUT2D eigenvalue weighted by atomic mass is 10.2. The minimum atomic E-state index is -0.117. The predicted molar refractivity (Wildman–Crippen MR) is 57.0 cm³/mol.